The highest BCUT2D eigenvalue weighted by atomic mass is 32.2. The molecule has 3 rings (SSSR count). The van der Waals surface area contributed by atoms with Crippen LogP contribution < -0.4 is 0 Å². The first-order valence-electron chi connectivity index (χ1n) is 7.21. The average Bonchev–Trinajstić information content (AvgIpc) is 3.25. The number of hydrogen-bond acceptors (Lipinski definition) is 5. The van der Waals surface area contributed by atoms with E-state index in [2.05, 4.69) is 9.97 Å². The number of nitrogens with one attached hydrogen (secondary N) is 1. The number of carbonyl (C=O) groups is 1. The number of H-pyrrole nitrogens is 1. The number of thioether (sulfide) groups is 1. The van der Waals surface area contributed by atoms with Crippen molar-refractivity contribution in [2.45, 2.75) is 12.5 Å². The molecule has 2 heterocycles. The van der Waals surface area contributed by atoms with E-state index in [0.29, 0.717) is 17.1 Å². The van der Waals surface area contributed by atoms with E-state index >= 15 is 0 Å². The highest BCUT2D eigenvalue weighted by Crippen LogP contribution is 2.24. The van der Waals surface area contributed by atoms with E-state index in [1.165, 1.54) is 18.3 Å². The number of nitro benzene ring substituents is 1. The van der Waals surface area contributed by atoms with Crippen molar-refractivity contribution in [3.05, 3.63) is 46.3 Å². The van der Waals surface area contributed by atoms with E-state index < -0.39 is 4.92 Å². The third-order valence-corrected chi connectivity index (χ3v) is 5.06. The number of benzene rings is 1. The zero-order valence-corrected chi connectivity index (χ0v) is 13.4. The summed E-state index contributed by atoms with van der Waals surface area (Å²) in [5, 5.41) is 10.8. The van der Waals surface area contributed by atoms with Crippen molar-refractivity contribution in [3.63, 3.8) is 0 Å². The number of aromatic amines is 1. The molecule has 1 atom stereocenters. The molecule has 1 amide bonds. The molecule has 23 heavy (non-hydrogen) atoms. The quantitative estimate of drug-likeness (QED) is 0.686. The molecule has 1 fully saturated rings. The van der Waals surface area contributed by atoms with E-state index in [9.17, 15) is 14.9 Å². The van der Waals surface area contributed by atoms with Gasteiger partial charge in [0.05, 0.1) is 11.1 Å². The maximum absolute atomic E-state index is 12.5. The zero-order valence-electron chi connectivity index (χ0n) is 12.6. The fourth-order valence-corrected chi connectivity index (χ4v) is 3.79. The van der Waals surface area contributed by atoms with Crippen molar-refractivity contribution >= 4 is 23.4 Å². The molecule has 8 heteroatoms. The topological polar surface area (TPSA) is 92.1 Å². The highest BCUT2D eigenvalue weighted by Gasteiger charge is 2.25. The first kappa shape index (κ1) is 15.5. The minimum Gasteiger partial charge on any atom is -0.337 e. The standard InChI is InChI=1S/C15H16N4O3S/c1-18(12-5-6-23-9-12)15(20)13-8-16-14(17-13)10-3-2-4-11(7-10)19(21)22/h2-4,7-8,12H,5-6,9H2,1H3,(H,16,17)/t12-/m0/s1. The van der Waals surface area contributed by atoms with Crippen molar-refractivity contribution in [2.24, 2.45) is 0 Å². The van der Waals surface area contributed by atoms with E-state index in [0.717, 1.165) is 17.9 Å². The molecule has 1 aromatic heterocycles. The molecule has 120 valence electrons. The molecule has 0 bridgehead atoms. The van der Waals surface area contributed by atoms with Gasteiger partial charge in [-0.2, -0.15) is 11.8 Å². The molecule has 0 aliphatic carbocycles. The van der Waals surface area contributed by atoms with Gasteiger partial charge in [0.1, 0.15) is 11.5 Å². The summed E-state index contributed by atoms with van der Waals surface area (Å²) in [6.07, 6.45) is 2.48. The number of nitro groups is 1. The van der Waals surface area contributed by atoms with Gasteiger partial charge in [-0.05, 0) is 12.2 Å². The Hall–Kier alpha value is -2.35. The number of hydrogen-bond donors (Lipinski definition) is 1. The Morgan fingerprint density at radius 1 is 1.52 bits per heavy atom. The van der Waals surface area contributed by atoms with Crippen LogP contribution in [0.1, 0.15) is 16.9 Å². The second-order valence-corrected chi connectivity index (χ2v) is 6.54. The normalized spacial score (nSPS) is 17.2. The van der Waals surface area contributed by atoms with Crippen molar-refractivity contribution in [1.29, 1.82) is 0 Å². The molecule has 1 N–H and O–H groups in total. The molecule has 2 aromatic rings. The van der Waals surface area contributed by atoms with E-state index in [1.807, 2.05) is 11.8 Å². The van der Waals surface area contributed by atoms with Crippen LogP contribution in [0.2, 0.25) is 0 Å². The molecule has 1 aliphatic heterocycles. The Morgan fingerprint density at radius 2 is 2.35 bits per heavy atom. The number of nitrogens with zero attached hydrogens (tertiary/aromatic N) is 3. The van der Waals surface area contributed by atoms with E-state index in [4.69, 9.17) is 0 Å². The second-order valence-electron chi connectivity index (χ2n) is 5.39. The van der Waals surface area contributed by atoms with Crippen LogP contribution in [0.25, 0.3) is 11.4 Å². The lowest BCUT2D eigenvalue weighted by Crippen LogP contribution is -2.37. The van der Waals surface area contributed by atoms with E-state index in [1.54, 1.807) is 24.1 Å². The fourth-order valence-electron chi connectivity index (χ4n) is 2.53. The Morgan fingerprint density at radius 3 is 3.04 bits per heavy atom. The number of carbonyl (C=O) groups excluding carboxylic acids is 1. The minimum absolute atomic E-state index is 0.00752. The van der Waals surface area contributed by atoms with Crippen LogP contribution >= 0.6 is 11.8 Å². The molecule has 1 saturated heterocycles. The van der Waals surface area contributed by atoms with Gasteiger partial charge in [0.25, 0.3) is 11.6 Å². The molecule has 1 aliphatic rings. The predicted molar refractivity (Wildman–Crippen MR) is 88.5 cm³/mol. The van der Waals surface area contributed by atoms with Crippen molar-refractivity contribution < 1.29 is 9.72 Å². The van der Waals surface area contributed by atoms with Crippen LogP contribution in [0.4, 0.5) is 5.69 Å². The molecule has 0 spiro atoms. The van der Waals surface area contributed by atoms with Gasteiger partial charge in [0, 0.05) is 36.5 Å². The predicted octanol–water partition coefficient (Wildman–Crippen LogP) is 2.56. The molecule has 0 radical (unpaired) electrons. The number of aromatic nitrogens is 2. The minimum atomic E-state index is -0.454. The molecule has 0 unspecified atom stereocenters. The van der Waals surface area contributed by atoms with Gasteiger partial charge in [0.2, 0.25) is 0 Å². The van der Waals surface area contributed by atoms with Gasteiger partial charge < -0.3 is 9.88 Å². The van der Waals surface area contributed by atoms with E-state index in [-0.39, 0.29) is 17.6 Å². The summed E-state index contributed by atoms with van der Waals surface area (Å²) < 4.78 is 0. The van der Waals surface area contributed by atoms with Gasteiger partial charge >= 0.3 is 0 Å². The third kappa shape index (κ3) is 3.21. The zero-order chi connectivity index (χ0) is 16.4. The van der Waals surface area contributed by atoms with Gasteiger partial charge in [-0.25, -0.2) is 4.98 Å². The highest BCUT2D eigenvalue weighted by molar-refractivity contribution is 7.99. The first-order chi connectivity index (χ1) is 11.1. The van der Waals surface area contributed by atoms with Gasteiger partial charge in [-0.3, -0.25) is 14.9 Å². The fraction of sp³-hybridized carbons (Fsp3) is 0.333. The SMILES string of the molecule is CN(C(=O)c1cnc(-c2cccc([N+](=O)[O-])c2)[nH]1)[C@H]1CCSC1. The number of non-ortho nitro benzene ring substituents is 1. The Balaban J connectivity index is 1.81. The van der Waals surface area contributed by atoms with Crippen LogP contribution in [0.15, 0.2) is 30.5 Å². The van der Waals surface area contributed by atoms with Crippen LogP contribution in [-0.4, -0.2) is 50.3 Å². The maximum atomic E-state index is 12.5. The van der Waals surface area contributed by atoms with Crippen LogP contribution in [-0.2, 0) is 0 Å². The third-order valence-electron chi connectivity index (χ3n) is 3.91. The second kappa shape index (κ2) is 6.41. The number of imidazole rings is 1. The monoisotopic (exact) mass is 332 g/mol. The molecule has 1 aromatic carbocycles. The lowest BCUT2D eigenvalue weighted by atomic mass is 10.2. The molecular weight excluding hydrogens is 316 g/mol. The van der Waals surface area contributed by atoms with Crippen molar-refractivity contribution in [1.82, 2.24) is 14.9 Å². The Bertz CT molecular complexity index is 740. The molecule has 7 nitrogen and oxygen atoms in total. The Labute approximate surface area is 137 Å². The van der Waals surface area contributed by atoms with Gasteiger partial charge in [-0.1, -0.05) is 12.1 Å². The average molecular weight is 332 g/mol. The summed E-state index contributed by atoms with van der Waals surface area (Å²) in [4.78, 5) is 31.8. The lowest BCUT2D eigenvalue weighted by Gasteiger charge is -2.22. The first-order valence-corrected chi connectivity index (χ1v) is 8.36. The Kier molecular flexibility index (Phi) is 4.33. The van der Waals surface area contributed by atoms with Crippen molar-refractivity contribution in [3.8, 4) is 11.4 Å². The van der Waals surface area contributed by atoms with Crippen LogP contribution in [0.3, 0.4) is 0 Å². The number of rotatable bonds is 4. The van der Waals surface area contributed by atoms with Gasteiger partial charge in [-0.15, -0.1) is 0 Å². The summed E-state index contributed by atoms with van der Waals surface area (Å²) in [6, 6.07) is 6.42. The summed E-state index contributed by atoms with van der Waals surface area (Å²) in [7, 11) is 1.80. The summed E-state index contributed by atoms with van der Waals surface area (Å²) in [6.45, 7) is 0. The van der Waals surface area contributed by atoms with Crippen molar-refractivity contribution in [2.75, 3.05) is 18.6 Å². The van der Waals surface area contributed by atoms with Crippen LogP contribution in [0, 0.1) is 10.1 Å². The largest absolute Gasteiger partial charge is 0.337 e. The molecule has 0 saturated carbocycles. The van der Waals surface area contributed by atoms with Crippen LogP contribution in [0.5, 0.6) is 0 Å². The lowest BCUT2D eigenvalue weighted by molar-refractivity contribution is -0.384. The van der Waals surface area contributed by atoms with Gasteiger partial charge in [0.15, 0.2) is 0 Å². The molecular formula is C15H16N4O3S. The summed E-state index contributed by atoms with van der Waals surface area (Å²) in [5.41, 5.74) is 0.968. The maximum Gasteiger partial charge on any atom is 0.271 e. The number of amides is 1. The smallest absolute Gasteiger partial charge is 0.271 e. The summed E-state index contributed by atoms with van der Waals surface area (Å²) in [5.74, 6) is 2.37. The summed E-state index contributed by atoms with van der Waals surface area (Å²) >= 11 is 1.85.